The Kier molecular flexibility index (Phi) is 5.72. The van der Waals surface area contributed by atoms with Crippen LogP contribution in [0, 0.1) is 13.8 Å². The van der Waals surface area contributed by atoms with Crippen LogP contribution in [-0.4, -0.2) is 30.6 Å². The molecule has 0 aliphatic carbocycles. The minimum atomic E-state index is -0.153. The number of benzene rings is 1. The van der Waals surface area contributed by atoms with E-state index < -0.39 is 0 Å². The van der Waals surface area contributed by atoms with Crippen molar-refractivity contribution < 1.29 is 4.79 Å². The van der Waals surface area contributed by atoms with Crippen LogP contribution < -0.4 is 5.32 Å². The van der Waals surface area contributed by atoms with Gasteiger partial charge in [0.05, 0.1) is 10.6 Å². The van der Waals surface area contributed by atoms with Crippen molar-refractivity contribution in [3.63, 3.8) is 0 Å². The molecule has 1 N–H and O–H groups in total. The number of rotatable bonds is 3. The van der Waals surface area contributed by atoms with Crippen molar-refractivity contribution in [1.29, 1.82) is 0 Å². The first-order valence-corrected chi connectivity index (χ1v) is 12.7. The zero-order valence-corrected chi connectivity index (χ0v) is 21.2. The van der Waals surface area contributed by atoms with Gasteiger partial charge < -0.3 is 9.88 Å². The lowest BCUT2D eigenvalue weighted by atomic mass is 9.95. The maximum atomic E-state index is 13.3. The Labute approximate surface area is 203 Å². The second-order valence-corrected chi connectivity index (χ2v) is 11.1. The third kappa shape index (κ3) is 4.11. The minimum Gasteiger partial charge on any atom is -0.321 e. The first kappa shape index (κ1) is 22.7. The number of aryl methyl sites for hydroxylation is 3. The minimum absolute atomic E-state index is 0.130. The Bertz CT molecular complexity index is 1390. The van der Waals surface area contributed by atoms with E-state index in [2.05, 4.69) is 40.9 Å². The standard InChI is InChI=1S/C26H30N6OS/c1-15-20-16(2)27-25(26(3,4)5)29-24(20)34-21(15)23(33)28-18-11-9-10-17(14-18)22-31-30-19-12-7-6-8-13-32(19)22/h9-11,14H,6-8,12-13H2,1-5H3,(H,28,33). The Balaban J connectivity index is 1.45. The highest BCUT2D eigenvalue weighted by Crippen LogP contribution is 2.34. The predicted molar refractivity (Wildman–Crippen MR) is 137 cm³/mol. The lowest BCUT2D eigenvalue weighted by Gasteiger charge is -2.16. The molecule has 0 atom stereocenters. The molecule has 3 aromatic heterocycles. The van der Waals surface area contributed by atoms with Gasteiger partial charge in [-0.1, -0.05) is 39.3 Å². The summed E-state index contributed by atoms with van der Waals surface area (Å²) in [6.45, 7) is 11.2. The van der Waals surface area contributed by atoms with Crippen molar-refractivity contribution in [3.8, 4) is 11.4 Å². The molecule has 0 saturated carbocycles. The van der Waals surface area contributed by atoms with Crippen LogP contribution in [0.1, 0.15) is 72.6 Å². The molecular formula is C26H30N6OS. The fraction of sp³-hybridized carbons (Fsp3) is 0.423. The highest BCUT2D eigenvalue weighted by Gasteiger charge is 2.24. The first-order valence-electron chi connectivity index (χ1n) is 11.8. The molecular weight excluding hydrogens is 444 g/mol. The molecule has 1 amide bonds. The monoisotopic (exact) mass is 474 g/mol. The van der Waals surface area contributed by atoms with Crippen molar-refractivity contribution in [2.24, 2.45) is 0 Å². The zero-order chi connectivity index (χ0) is 24.0. The van der Waals surface area contributed by atoms with E-state index in [0.717, 1.165) is 76.0 Å². The van der Waals surface area contributed by atoms with E-state index in [1.54, 1.807) is 0 Å². The Morgan fingerprint density at radius 2 is 1.91 bits per heavy atom. The van der Waals surface area contributed by atoms with Gasteiger partial charge in [-0.2, -0.15) is 0 Å². The zero-order valence-electron chi connectivity index (χ0n) is 20.4. The second-order valence-electron chi connectivity index (χ2n) is 10.1. The molecule has 34 heavy (non-hydrogen) atoms. The van der Waals surface area contributed by atoms with Crippen molar-refractivity contribution >= 4 is 33.1 Å². The summed E-state index contributed by atoms with van der Waals surface area (Å²) in [5.74, 6) is 2.58. The topological polar surface area (TPSA) is 85.6 Å². The number of carbonyl (C=O) groups excluding carboxylic acids is 1. The number of thiophene rings is 1. The number of amides is 1. The number of anilines is 1. The summed E-state index contributed by atoms with van der Waals surface area (Å²) in [5.41, 5.74) is 3.39. The van der Waals surface area contributed by atoms with Gasteiger partial charge in [-0.05, 0) is 44.4 Å². The third-order valence-electron chi connectivity index (χ3n) is 6.34. The summed E-state index contributed by atoms with van der Waals surface area (Å²) < 4.78 is 2.22. The van der Waals surface area contributed by atoms with Gasteiger partial charge in [0.15, 0.2) is 5.82 Å². The molecule has 176 valence electrons. The maximum Gasteiger partial charge on any atom is 0.266 e. The molecule has 0 radical (unpaired) electrons. The van der Waals surface area contributed by atoms with Crippen molar-refractivity contribution in [2.45, 2.75) is 72.3 Å². The Morgan fingerprint density at radius 1 is 1.09 bits per heavy atom. The summed E-state index contributed by atoms with van der Waals surface area (Å²) in [7, 11) is 0. The number of hydrogen-bond donors (Lipinski definition) is 1. The fourth-order valence-corrected chi connectivity index (χ4v) is 5.64. The molecule has 7 nitrogen and oxygen atoms in total. The van der Waals surface area contributed by atoms with Crippen LogP contribution in [0.5, 0.6) is 0 Å². The van der Waals surface area contributed by atoms with Gasteiger partial charge in [-0.3, -0.25) is 4.79 Å². The molecule has 8 heteroatoms. The molecule has 1 aliphatic heterocycles. The van der Waals surface area contributed by atoms with Crippen LogP contribution in [-0.2, 0) is 18.4 Å². The summed E-state index contributed by atoms with van der Waals surface area (Å²) in [5, 5.41) is 12.9. The van der Waals surface area contributed by atoms with Gasteiger partial charge in [0.2, 0.25) is 0 Å². The number of fused-ring (bicyclic) bond motifs is 2. The fourth-order valence-electron chi connectivity index (χ4n) is 4.51. The Hall–Kier alpha value is -3.13. The maximum absolute atomic E-state index is 13.3. The number of aromatic nitrogens is 5. The van der Waals surface area contributed by atoms with Gasteiger partial charge in [0.25, 0.3) is 5.91 Å². The molecule has 4 aromatic rings. The van der Waals surface area contributed by atoms with Crippen molar-refractivity contribution in [2.75, 3.05) is 5.32 Å². The van der Waals surface area contributed by atoms with Crippen molar-refractivity contribution in [3.05, 3.63) is 52.0 Å². The number of nitrogens with zero attached hydrogens (tertiary/aromatic N) is 5. The number of nitrogens with one attached hydrogen (secondary N) is 1. The van der Waals surface area contributed by atoms with Gasteiger partial charge in [0, 0.05) is 35.0 Å². The lowest BCUT2D eigenvalue weighted by molar-refractivity contribution is 0.103. The van der Waals surface area contributed by atoms with E-state index in [9.17, 15) is 4.79 Å². The molecule has 5 rings (SSSR count). The average Bonchev–Trinajstić information content (AvgIpc) is 3.25. The van der Waals surface area contributed by atoms with E-state index in [0.29, 0.717) is 4.88 Å². The first-order chi connectivity index (χ1) is 16.2. The third-order valence-corrected chi connectivity index (χ3v) is 7.52. The largest absolute Gasteiger partial charge is 0.321 e. The van der Waals surface area contributed by atoms with E-state index in [1.165, 1.54) is 17.8 Å². The molecule has 1 aliphatic rings. The van der Waals surface area contributed by atoms with Crippen LogP contribution >= 0.6 is 11.3 Å². The highest BCUT2D eigenvalue weighted by molar-refractivity contribution is 7.20. The Morgan fingerprint density at radius 3 is 2.71 bits per heavy atom. The average molecular weight is 475 g/mol. The van der Waals surface area contributed by atoms with Gasteiger partial charge in [-0.25, -0.2) is 9.97 Å². The SMILES string of the molecule is Cc1nc(C(C)(C)C)nc2sc(C(=O)Nc3cccc(-c4nnc5n4CCCCC5)c3)c(C)c12. The molecule has 0 fully saturated rings. The van der Waals surface area contributed by atoms with E-state index in [1.807, 2.05) is 38.1 Å². The highest BCUT2D eigenvalue weighted by atomic mass is 32.1. The van der Waals surface area contributed by atoms with Gasteiger partial charge in [0.1, 0.15) is 16.5 Å². The van der Waals surface area contributed by atoms with E-state index in [4.69, 9.17) is 9.97 Å². The molecule has 1 aromatic carbocycles. The molecule has 0 spiro atoms. The van der Waals surface area contributed by atoms with Gasteiger partial charge in [-0.15, -0.1) is 21.5 Å². The van der Waals surface area contributed by atoms with Gasteiger partial charge >= 0.3 is 0 Å². The van der Waals surface area contributed by atoms with Crippen LogP contribution in [0.3, 0.4) is 0 Å². The van der Waals surface area contributed by atoms with Crippen LogP contribution in [0.2, 0.25) is 0 Å². The van der Waals surface area contributed by atoms with Crippen LogP contribution in [0.15, 0.2) is 24.3 Å². The van der Waals surface area contributed by atoms with E-state index in [-0.39, 0.29) is 11.3 Å². The van der Waals surface area contributed by atoms with E-state index >= 15 is 0 Å². The quantitative estimate of drug-likeness (QED) is 0.403. The second kappa shape index (κ2) is 8.58. The summed E-state index contributed by atoms with van der Waals surface area (Å²) in [6.07, 6.45) is 4.48. The summed E-state index contributed by atoms with van der Waals surface area (Å²) in [6, 6.07) is 7.86. The molecule has 0 saturated heterocycles. The lowest BCUT2D eigenvalue weighted by Crippen LogP contribution is -2.16. The predicted octanol–water partition coefficient (Wildman–Crippen LogP) is 5.84. The molecule has 0 unspecified atom stereocenters. The summed E-state index contributed by atoms with van der Waals surface area (Å²) in [4.78, 5) is 24.3. The van der Waals surface area contributed by atoms with Crippen LogP contribution in [0.25, 0.3) is 21.6 Å². The normalized spacial score (nSPS) is 14.1. The van der Waals surface area contributed by atoms with Crippen molar-refractivity contribution in [1.82, 2.24) is 24.7 Å². The number of carbonyl (C=O) groups is 1. The summed E-state index contributed by atoms with van der Waals surface area (Å²) >= 11 is 1.43. The molecule has 0 bridgehead atoms. The van der Waals surface area contributed by atoms with Crippen LogP contribution in [0.4, 0.5) is 5.69 Å². The number of hydrogen-bond acceptors (Lipinski definition) is 6. The molecule has 4 heterocycles. The smallest absolute Gasteiger partial charge is 0.266 e.